The molecule has 1 heteroatoms. The fourth-order valence-electron chi connectivity index (χ4n) is 9.35. The molecule has 0 radical (unpaired) electrons. The van der Waals surface area contributed by atoms with E-state index < -0.39 is 0 Å². The molecule has 0 N–H and O–H groups in total. The van der Waals surface area contributed by atoms with Crippen LogP contribution < -0.4 is 4.90 Å². The zero-order chi connectivity index (χ0) is 32.2. The van der Waals surface area contributed by atoms with Gasteiger partial charge in [-0.05, 0) is 142 Å². The fraction of sp³-hybridized carbons (Fsp3) is 0.277. The third kappa shape index (κ3) is 4.90. The summed E-state index contributed by atoms with van der Waals surface area (Å²) in [5, 5.41) is 2.68. The zero-order valence-electron chi connectivity index (χ0n) is 28.4. The summed E-state index contributed by atoms with van der Waals surface area (Å²) in [6.45, 7) is 4.82. The van der Waals surface area contributed by atoms with Gasteiger partial charge in [-0.25, -0.2) is 0 Å². The molecule has 1 saturated carbocycles. The molecule has 0 unspecified atom stereocenters. The van der Waals surface area contributed by atoms with E-state index in [0.29, 0.717) is 5.92 Å². The Balaban J connectivity index is 1.14. The second-order valence-corrected chi connectivity index (χ2v) is 15.0. The molecule has 3 aliphatic carbocycles. The minimum atomic E-state index is -0.103. The molecule has 6 aromatic rings. The Kier molecular flexibility index (Phi) is 7.26. The predicted molar refractivity (Wildman–Crippen MR) is 204 cm³/mol. The molecule has 0 amide bonds. The van der Waals surface area contributed by atoms with Gasteiger partial charge < -0.3 is 4.90 Å². The van der Waals surface area contributed by atoms with Crippen molar-refractivity contribution in [3.05, 3.63) is 149 Å². The number of fused-ring (bicyclic) bond motifs is 6. The smallest absolute Gasteiger partial charge is 0.0465 e. The van der Waals surface area contributed by atoms with E-state index >= 15 is 0 Å². The van der Waals surface area contributed by atoms with Gasteiger partial charge in [-0.1, -0.05) is 118 Å². The van der Waals surface area contributed by atoms with Crippen LogP contribution in [-0.2, 0) is 18.3 Å². The second-order valence-electron chi connectivity index (χ2n) is 15.0. The van der Waals surface area contributed by atoms with E-state index in [4.69, 9.17) is 0 Å². The Bertz CT molecular complexity index is 2130. The van der Waals surface area contributed by atoms with E-state index in [9.17, 15) is 0 Å². The zero-order valence-corrected chi connectivity index (χ0v) is 28.4. The number of benzene rings is 6. The Labute approximate surface area is 286 Å². The molecular weight excluding hydrogens is 579 g/mol. The van der Waals surface area contributed by atoms with Crippen LogP contribution in [0.3, 0.4) is 0 Å². The van der Waals surface area contributed by atoms with Gasteiger partial charge in [0, 0.05) is 22.5 Å². The molecule has 1 fully saturated rings. The first-order chi connectivity index (χ1) is 23.6. The summed E-state index contributed by atoms with van der Waals surface area (Å²) >= 11 is 0. The maximum absolute atomic E-state index is 2.48. The van der Waals surface area contributed by atoms with Gasteiger partial charge in [0.05, 0.1) is 0 Å². The van der Waals surface area contributed by atoms with Crippen LogP contribution in [-0.4, -0.2) is 0 Å². The fourth-order valence-corrected chi connectivity index (χ4v) is 9.35. The maximum atomic E-state index is 2.48. The summed E-state index contributed by atoms with van der Waals surface area (Å²) in [6, 6.07) is 46.5. The summed E-state index contributed by atoms with van der Waals surface area (Å²) < 4.78 is 0. The number of nitrogens with zero attached hydrogens (tertiary/aromatic N) is 1. The predicted octanol–water partition coefficient (Wildman–Crippen LogP) is 13.2. The highest BCUT2D eigenvalue weighted by atomic mass is 15.1. The maximum Gasteiger partial charge on any atom is 0.0465 e. The first kappa shape index (κ1) is 29.5. The third-order valence-electron chi connectivity index (χ3n) is 11.8. The largest absolute Gasteiger partial charge is 0.310 e. The van der Waals surface area contributed by atoms with E-state index in [-0.39, 0.29) is 5.41 Å². The summed E-state index contributed by atoms with van der Waals surface area (Å²) in [4.78, 5) is 2.48. The molecule has 0 spiro atoms. The van der Waals surface area contributed by atoms with E-state index in [0.717, 1.165) is 0 Å². The van der Waals surface area contributed by atoms with Gasteiger partial charge >= 0.3 is 0 Å². The van der Waals surface area contributed by atoms with Gasteiger partial charge in [0.1, 0.15) is 0 Å². The second kappa shape index (κ2) is 11.8. The van der Waals surface area contributed by atoms with Crippen molar-refractivity contribution in [1.29, 1.82) is 0 Å². The highest BCUT2D eigenvalue weighted by Crippen LogP contribution is 2.53. The third-order valence-corrected chi connectivity index (χ3v) is 11.8. The molecule has 0 heterocycles. The first-order valence-corrected chi connectivity index (χ1v) is 18.3. The van der Waals surface area contributed by atoms with Crippen molar-refractivity contribution in [2.45, 2.75) is 83.0 Å². The van der Waals surface area contributed by atoms with E-state index in [1.54, 1.807) is 5.56 Å². The van der Waals surface area contributed by atoms with Crippen LogP contribution in [0.4, 0.5) is 17.1 Å². The van der Waals surface area contributed by atoms with Crippen LogP contribution in [0.2, 0.25) is 0 Å². The minimum Gasteiger partial charge on any atom is -0.310 e. The van der Waals surface area contributed by atoms with Gasteiger partial charge in [-0.2, -0.15) is 0 Å². The van der Waals surface area contributed by atoms with Gasteiger partial charge in [-0.15, -0.1) is 0 Å². The Morgan fingerprint density at radius 3 is 2.08 bits per heavy atom. The van der Waals surface area contributed by atoms with Crippen molar-refractivity contribution in [3.8, 4) is 22.3 Å². The number of hydrogen-bond donors (Lipinski definition) is 0. The van der Waals surface area contributed by atoms with Gasteiger partial charge in [-0.3, -0.25) is 0 Å². The SMILES string of the molecule is CC1(C)c2cc(N(c3ccc(-c4cccc5c4CCCC5)cc3)c3ccc(C4CCCCC4)cc3)ccc2-c2ccc3ccccc3c21. The first-order valence-electron chi connectivity index (χ1n) is 18.3. The molecular formula is C47H45N. The quantitative estimate of drug-likeness (QED) is 0.185. The Morgan fingerprint density at radius 1 is 0.562 bits per heavy atom. The molecule has 0 bridgehead atoms. The van der Waals surface area contributed by atoms with Crippen molar-refractivity contribution in [1.82, 2.24) is 0 Å². The average Bonchev–Trinajstić information content (AvgIpc) is 3.38. The molecule has 0 aromatic heterocycles. The average molecular weight is 624 g/mol. The summed E-state index contributed by atoms with van der Waals surface area (Å²) in [5.41, 5.74) is 16.5. The van der Waals surface area contributed by atoms with Crippen LogP contribution in [0.5, 0.6) is 0 Å². The standard InChI is InChI=1S/C47H45N/c1-47(2)45-31-39(28-30-43(45)44-29-23-35-14-7-9-17-42(35)46(44)47)48(37-24-19-33(20-25-37)32-11-4-3-5-12-32)38-26-21-36(22-27-38)41-18-10-15-34-13-6-8-16-40(34)41/h7,9-10,14-15,17-32H,3-6,8,11-13,16H2,1-2H3. The van der Waals surface area contributed by atoms with E-state index in [2.05, 4.69) is 140 Å². The molecule has 48 heavy (non-hydrogen) atoms. The van der Waals surface area contributed by atoms with Crippen LogP contribution in [0.15, 0.2) is 121 Å². The molecule has 6 aromatic carbocycles. The van der Waals surface area contributed by atoms with Crippen molar-refractivity contribution in [3.63, 3.8) is 0 Å². The van der Waals surface area contributed by atoms with Gasteiger partial charge in [0.25, 0.3) is 0 Å². The lowest BCUT2D eigenvalue weighted by Gasteiger charge is -2.29. The highest BCUT2D eigenvalue weighted by molar-refractivity contribution is 5.98. The van der Waals surface area contributed by atoms with Crippen molar-refractivity contribution in [2.24, 2.45) is 0 Å². The van der Waals surface area contributed by atoms with Crippen molar-refractivity contribution >= 4 is 27.8 Å². The highest BCUT2D eigenvalue weighted by Gasteiger charge is 2.37. The monoisotopic (exact) mass is 623 g/mol. The summed E-state index contributed by atoms with van der Waals surface area (Å²) in [5.74, 6) is 0.700. The summed E-state index contributed by atoms with van der Waals surface area (Å²) in [7, 11) is 0. The Morgan fingerprint density at radius 2 is 1.27 bits per heavy atom. The van der Waals surface area contributed by atoms with Crippen LogP contribution in [0.25, 0.3) is 33.0 Å². The van der Waals surface area contributed by atoms with Gasteiger partial charge in [0.15, 0.2) is 0 Å². The van der Waals surface area contributed by atoms with Gasteiger partial charge in [0.2, 0.25) is 0 Å². The van der Waals surface area contributed by atoms with Crippen molar-refractivity contribution in [2.75, 3.05) is 4.90 Å². The topological polar surface area (TPSA) is 3.24 Å². The van der Waals surface area contributed by atoms with Crippen LogP contribution in [0, 0.1) is 0 Å². The number of hydrogen-bond acceptors (Lipinski definition) is 1. The molecule has 3 aliphatic rings. The summed E-state index contributed by atoms with van der Waals surface area (Å²) in [6.07, 6.45) is 11.7. The number of rotatable bonds is 5. The minimum absolute atomic E-state index is 0.103. The van der Waals surface area contributed by atoms with E-state index in [1.165, 1.54) is 130 Å². The molecule has 1 nitrogen and oxygen atoms in total. The van der Waals surface area contributed by atoms with Crippen LogP contribution >= 0.6 is 0 Å². The number of anilines is 3. The molecule has 9 rings (SSSR count). The lowest BCUT2D eigenvalue weighted by Crippen LogP contribution is -2.17. The van der Waals surface area contributed by atoms with Crippen LogP contribution in [0.1, 0.15) is 92.5 Å². The lowest BCUT2D eigenvalue weighted by molar-refractivity contribution is 0.443. The number of aryl methyl sites for hydroxylation is 1. The Hall–Kier alpha value is -4.62. The lowest BCUT2D eigenvalue weighted by atomic mass is 9.80. The molecule has 0 aliphatic heterocycles. The molecule has 0 atom stereocenters. The molecule has 238 valence electrons. The van der Waals surface area contributed by atoms with Crippen molar-refractivity contribution < 1.29 is 0 Å². The van der Waals surface area contributed by atoms with E-state index in [1.807, 2.05) is 0 Å². The molecule has 0 saturated heterocycles. The normalized spacial score (nSPS) is 16.7.